The fourth-order valence-electron chi connectivity index (χ4n) is 2.29. The van der Waals surface area contributed by atoms with E-state index in [9.17, 15) is 9.59 Å². The van der Waals surface area contributed by atoms with E-state index in [1.807, 2.05) is 62.4 Å². The van der Waals surface area contributed by atoms with Gasteiger partial charge in [-0.3, -0.25) is 0 Å². The van der Waals surface area contributed by atoms with Crippen molar-refractivity contribution >= 4 is 91.1 Å². The molecule has 0 aliphatic heterocycles. The van der Waals surface area contributed by atoms with Crippen molar-refractivity contribution in [2.24, 2.45) is 0 Å². The topological polar surface area (TPSA) is 34.1 Å². The van der Waals surface area contributed by atoms with Gasteiger partial charge in [-0.15, -0.1) is 0 Å². The molecule has 0 radical (unpaired) electrons. The molecule has 0 heterocycles. The monoisotopic (exact) mass is 806 g/mol. The molecule has 0 saturated heterocycles. The molecule has 7 heteroatoms. The van der Waals surface area contributed by atoms with E-state index < -0.39 is 10.3 Å². The summed E-state index contributed by atoms with van der Waals surface area (Å²) in [7, 11) is -2.83. The summed E-state index contributed by atoms with van der Waals surface area (Å²) in [5.74, 6) is 0.265. The molecule has 0 aliphatic rings. The number of halogens is 4. The van der Waals surface area contributed by atoms with Gasteiger partial charge >= 0.3 is 191 Å². The number of rotatable bonds is 6. The van der Waals surface area contributed by atoms with Crippen molar-refractivity contribution in [2.45, 2.75) is 21.8 Å². The van der Waals surface area contributed by atoms with Gasteiger partial charge in [0.15, 0.2) is 0 Å². The number of ketones is 2. The molecule has 2 aromatic rings. The van der Waals surface area contributed by atoms with Gasteiger partial charge in [-0.05, 0) is 0 Å². The molecule has 0 bridgehead atoms. The Kier molecular flexibility index (Phi) is 8.43. The maximum absolute atomic E-state index is 12.9. The van der Waals surface area contributed by atoms with Crippen LogP contribution in [0.1, 0.15) is 34.6 Å². The third-order valence-corrected chi connectivity index (χ3v) is 32.1. The molecule has 0 amide bonds. The quantitative estimate of drug-likeness (QED) is 0.174. The Morgan fingerprint density at radius 3 is 1.32 bits per heavy atom. The molecular formula is C18H16Br2I2O2Te. The first-order valence-electron chi connectivity index (χ1n) is 7.44. The molecule has 25 heavy (non-hydrogen) atoms. The SMILES string of the molecule is CC(C(=O)c1ccc(Br)cc1)[Te](I)(I)C(C)C(=O)c1ccc(Br)cc1. The van der Waals surface area contributed by atoms with Gasteiger partial charge in [-0.25, -0.2) is 0 Å². The average molecular weight is 806 g/mol. The van der Waals surface area contributed by atoms with Crippen LogP contribution in [0.4, 0.5) is 0 Å². The van der Waals surface area contributed by atoms with Gasteiger partial charge in [0, 0.05) is 0 Å². The van der Waals surface area contributed by atoms with Crippen LogP contribution >= 0.6 is 69.2 Å². The molecule has 2 rings (SSSR count). The summed E-state index contributed by atoms with van der Waals surface area (Å²) in [6.45, 7) is 3.96. The Labute approximate surface area is 188 Å². The van der Waals surface area contributed by atoms with E-state index in [4.69, 9.17) is 0 Å². The number of hydrogen-bond acceptors (Lipinski definition) is 2. The van der Waals surface area contributed by atoms with Crippen molar-refractivity contribution in [1.82, 2.24) is 0 Å². The van der Waals surface area contributed by atoms with E-state index in [2.05, 4.69) is 69.2 Å². The Morgan fingerprint density at radius 1 is 0.760 bits per heavy atom. The molecule has 0 fully saturated rings. The van der Waals surface area contributed by atoms with E-state index in [-0.39, 0.29) is 19.5 Å². The van der Waals surface area contributed by atoms with Gasteiger partial charge in [0.25, 0.3) is 0 Å². The first-order chi connectivity index (χ1) is 11.6. The maximum atomic E-state index is 12.9. The fourth-order valence-corrected chi connectivity index (χ4v) is 13.2. The zero-order valence-electron chi connectivity index (χ0n) is 13.5. The van der Waals surface area contributed by atoms with Gasteiger partial charge < -0.3 is 0 Å². The van der Waals surface area contributed by atoms with Crippen molar-refractivity contribution in [3.8, 4) is 0 Å². The summed E-state index contributed by atoms with van der Waals surface area (Å²) in [6, 6.07) is 14.9. The minimum atomic E-state index is -2.83. The third-order valence-electron chi connectivity index (χ3n) is 3.94. The molecule has 2 aromatic carbocycles. The number of carbonyl (C=O) groups excluding carboxylic acids is 2. The predicted octanol–water partition coefficient (Wildman–Crippen LogP) is 7.37. The van der Waals surface area contributed by atoms with Crippen LogP contribution < -0.4 is 0 Å². The molecule has 0 saturated carbocycles. The second-order valence-corrected chi connectivity index (χ2v) is 45.4. The number of hydrogen-bond donors (Lipinski definition) is 0. The minimum absolute atomic E-state index is 0.112. The molecular weight excluding hydrogens is 789 g/mol. The average Bonchev–Trinajstić information content (AvgIpc) is 2.60. The summed E-state index contributed by atoms with van der Waals surface area (Å²) in [4.78, 5) is 25.8. The van der Waals surface area contributed by atoms with Gasteiger partial charge in [0.05, 0.1) is 0 Å². The van der Waals surface area contributed by atoms with Crippen molar-refractivity contribution in [3.63, 3.8) is 0 Å². The number of benzene rings is 2. The summed E-state index contributed by atoms with van der Waals surface area (Å²) in [5, 5.41) is 0. The van der Waals surface area contributed by atoms with Gasteiger partial charge in [0.1, 0.15) is 0 Å². The molecule has 2 nitrogen and oxygen atoms in total. The van der Waals surface area contributed by atoms with Crippen LogP contribution in [0.2, 0.25) is 7.93 Å². The molecule has 0 N–H and O–H groups in total. The second kappa shape index (κ2) is 9.46. The summed E-state index contributed by atoms with van der Waals surface area (Å²) in [6.07, 6.45) is 0. The number of Topliss-reactive ketones (excluding diaryl/α,β-unsaturated/α-hetero) is 2. The Balaban J connectivity index is 2.22. The Hall–Kier alpha value is 0.990. The Bertz CT molecular complexity index is 711. The molecule has 0 aromatic heterocycles. The van der Waals surface area contributed by atoms with Crippen molar-refractivity contribution in [1.29, 1.82) is 0 Å². The van der Waals surface area contributed by atoms with Crippen LogP contribution in [0.5, 0.6) is 0 Å². The van der Waals surface area contributed by atoms with Crippen molar-refractivity contribution < 1.29 is 9.59 Å². The fraction of sp³-hybridized carbons (Fsp3) is 0.222. The standard InChI is InChI=1S/C18H16Br2I2O2Te/c1-11(17(23)13-3-7-15(19)8-4-13)25(21,22)12(2)18(24)14-5-9-16(20)10-6-14/h3-12H,1-2H3. The molecule has 0 aliphatic carbocycles. The normalized spacial score (nSPS) is 14.6. The zero-order valence-corrected chi connectivity index (χ0v) is 23.3. The van der Waals surface area contributed by atoms with E-state index >= 15 is 0 Å². The van der Waals surface area contributed by atoms with E-state index in [0.29, 0.717) is 11.1 Å². The van der Waals surface area contributed by atoms with Crippen LogP contribution in [0.15, 0.2) is 57.5 Å². The molecule has 134 valence electrons. The summed E-state index contributed by atoms with van der Waals surface area (Å²) in [5.41, 5.74) is 1.42. The molecule has 2 unspecified atom stereocenters. The van der Waals surface area contributed by atoms with Gasteiger partial charge in [-0.1, -0.05) is 0 Å². The van der Waals surface area contributed by atoms with Crippen LogP contribution in [0.25, 0.3) is 0 Å². The second-order valence-electron chi connectivity index (χ2n) is 5.58. The van der Waals surface area contributed by atoms with Crippen molar-refractivity contribution in [2.75, 3.05) is 0 Å². The third kappa shape index (κ3) is 5.50. The van der Waals surface area contributed by atoms with E-state index in [1.165, 1.54) is 0 Å². The van der Waals surface area contributed by atoms with Crippen LogP contribution in [0.3, 0.4) is 0 Å². The molecule has 0 spiro atoms. The molecule has 2 atom stereocenters. The van der Waals surface area contributed by atoms with Crippen LogP contribution in [-0.4, -0.2) is 21.9 Å². The summed E-state index contributed by atoms with van der Waals surface area (Å²) < 4.78 is 1.68. The van der Waals surface area contributed by atoms with E-state index in [1.54, 1.807) is 0 Å². The van der Waals surface area contributed by atoms with E-state index in [0.717, 1.165) is 8.95 Å². The number of carbonyl (C=O) groups is 2. The predicted molar refractivity (Wildman–Crippen MR) is 130 cm³/mol. The van der Waals surface area contributed by atoms with Gasteiger partial charge in [0.2, 0.25) is 0 Å². The van der Waals surface area contributed by atoms with Crippen molar-refractivity contribution in [3.05, 3.63) is 68.6 Å². The zero-order chi connectivity index (χ0) is 18.8. The van der Waals surface area contributed by atoms with Crippen LogP contribution in [0, 0.1) is 0 Å². The van der Waals surface area contributed by atoms with Crippen LogP contribution in [-0.2, 0) is 0 Å². The Morgan fingerprint density at radius 2 is 1.04 bits per heavy atom. The first kappa shape index (κ1) is 22.3. The first-order valence-corrected chi connectivity index (χ1v) is 25.3. The summed E-state index contributed by atoms with van der Waals surface area (Å²) >= 11 is 11.7. The van der Waals surface area contributed by atoms with Gasteiger partial charge in [-0.2, -0.15) is 0 Å².